The van der Waals surface area contributed by atoms with E-state index in [9.17, 15) is 9.65 Å². The van der Waals surface area contributed by atoms with Gasteiger partial charge in [0.25, 0.3) is 0 Å². The van der Waals surface area contributed by atoms with Crippen molar-refractivity contribution >= 4 is 39.2 Å². The number of ether oxygens (including phenoxy) is 2. The van der Waals surface area contributed by atoms with Gasteiger partial charge in [0.15, 0.2) is 11.5 Å². The number of hydrogen-bond donors (Lipinski definition) is 0. The van der Waals surface area contributed by atoms with E-state index >= 15 is 0 Å². The topological polar surface area (TPSA) is 42.2 Å². The Bertz CT molecular complexity index is 1090. The minimum atomic E-state index is -0.395. The molecular formula is C23H16BrClFNO2. The van der Waals surface area contributed by atoms with Crippen molar-refractivity contribution in [3.05, 3.63) is 92.7 Å². The predicted molar refractivity (Wildman–Crippen MR) is 116 cm³/mol. The summed E-state index contributed by atoms with van der Waals surface area (Å²) in [7, 11) is 1.54. The number of nitriles is 1. The lowest BCUT2D eigenvalue weighted by molar-refractivity contribution is 0.282. The molecule has 0 amide bonds. The van der Waals surface area contributed by atoms with Crippen molar-refractivity contribution < 1.29 is 13.9 Å². The van der Waals surface area contributed by atoms with Crippen LogP contribution in [0, 0.1) is 17.1 Å². The molecule has 0 N–H and O–H groups in total. The molecule has 0 spiro atoms. The molecule has 146 valence electrons. The first kappa shape index (κ1) is 20.9. The fraction of sp³-hybridized carbons (Fsp3) is 0.0870. The normalized spacial score (nSPS) is 11.1. The number of allylic oxidation sites excluding steroid dienone is 1. The van der Waals surface area contributed by atoms with E-state index in [2.05, 4.69) is 22.0 Å². The number of rotatable bonds is 6. The average Bonchev–Trinajstić information content (AvgIpc) is 2.72. The van der Waals surface area contributed by atoms with Crippen molar-refractivity contribution in [1.29, 1.82) is 5.26 Å². The maximum absolute atomic E-state index is 13.5. The van der Waals surface area contributed by atoms with Gasteiger partial charge in [-0.2, -0.15) is 5.26 Å². The Morgan fingerprint density at radius 3 is 2.59 bits per heavy atom. The van der Waals surface area contributed by atoms with Crippen LogP contribution in [0.2, 0.25) is 5.02 Å². The maximum atomic E-state index is 13.5. The zero-order valence-corrected chi connectivity index (χ0v) is 17.8. The summed E-state index contributed by atoms with van der Waals surface area (Å²) < 4.78 is 25.6. The van der Waals surface area contributed by atoms with Crippen molar-refractivity contribution in [2.75, 3.05) is 7.11 Å². The molecule has 3 rings (SSSR count). The molecular weight excluding hydrogens is 457 g/mol. The van der Waals surface area contributed by atoms with E-state index < -0.39 is 5.82 Å². The molecule has 0 saturated carbocycles. The van der Waals surface area contributed by atoms with Crippen molar-refractivity contribution in [2.45, 2.75) is 6.61 Å². The number of benzene rings is 3. The molecule has 6 heteroatoms. The van der Waals surface area contributed by atoms with Crippen LogP contribution >= 0.6 is 27.5 Å². The average molecular weight is 473 g/mol. The molecule has 3 nitrogen and oxygen atoms in total. The second kappa shape index (κ2) is 9.60. The van der Waals surface area contributed by atoms with Crippen molar-refractivity contribution in [2.24, 2.45) is 0 Å². The third-order valence-electron chi connectivity index (χ3n) is 4.12. The zero-order valence-electron chi connectivity index (χ0n) is 15.5. The molecule has 0 aliphatic carbocycles. The molecule has 0 saturated heterocycles. The van der Waals surface area contributed by atoms with Crippen LogP contribution < -0.4 is 9.47 Å². The van der Waals surface area contributed by atoms with Gasteiger partial charge in [0.2, 0.25) is 0 Å². The highest BCUT2D eigenvalue weighted by atomic mass is 79.9. The molecule has 0 heterocycles. The van der Waals surface area contributed by atoms with Gasteiger partial charge in [0.1, 0.15) is 12.4 Å². The fourth-order valence-electron chi connectivity index (χ4n) is 2.70. The Hall–Kier alpha value is -2.81. The second-order valence-corrected chi connectivity index (χ2v) is 7.42. The molecule has 3 aromatic rings. The Kier molecular flexibility index (Phi) is 6.92. The summed E-state index contributed by atoms with van der Waals surface area (Å²) in [6.45, 7) is 0.341. The first-order valence-corrected chi connectivity index (χ1v) is 9.80. The molecule has 0 radical (unpaired) electrons. The molecule has 0 atom stereocenters. The molecule has 0 unspecified atom stereocenters. The summed E-state index contributed by atoms with van der Waals surface area (Å²) in [6, 6.07) is 19.0. The van der Waals surface area contributed by atoms with E-state index in [1.807, 2.05) is 18.2 Å². The van der Waals surface area contributed by atoms with E-state index in [1.165, 1.54) is 12.1 Å². The quantitative estimate of drug-likeness (QED) is 0.290. The highest BCUT2D eigenvalue weighted by Crippen LogP contribution is 2.38. The van der Waals surface area contributed by atoms with Crippen molar-refractivity contribution in [3.63, 3.8) is 0 Å². The molecule has 0 aliphatic rings. The molecule has 0 aliphatic heterocycles. The van der Waals surface area contributed by atoms with Gasteiger partial charge in [-0.3, -0.25) is 0 Å². The van der Waals surface area contributed by atoms with Crippen molar-refractivity contribution in [1.82, 2.24) is 0 Å². The Labute approximate surface area is 182 Å². The van der Waals surface area contributed by atoms with Crippen LogP contribution in [0.25, 0.3) is 11.6 Å². The number of methoxy groups -OCH3 is 1. The van der Waals surface area contributed by atoms with Crippen molar-refractivity contribution in [3.8, 4) is 17.6 Å². The lowest BCUT2D eigenvalue weighted by atomic mass is 10.0. The van der Waals surface area contributed by atoms with Crippen LogP contribution in [0.5, 0.6) is 11.5 Å². The smallest absolute Gasteiger partial charge is 0.175 e. The van der Waals surface area contributed by atoms with E-state index in [4.69, 9.17) is 21.1 Å². The van der Waals surface area contributed by atoms with Gasteiger partial charge in [-0.25, -0.2) is 4.39 Å². The summed E-state index contributed by atoms with van der Waals surface area (Å²) in [6.07, 6.45) is 1.67. The van der Waals surface area contributed by atoms with E-state index in [-0.39, 0.29) is 0 Å². The zero-order chi connectivity index (χ0) is 20.8. The highest BCUT2D eigenvalue weighted by Gasteiger charge is 2.12. The second-order valence-electron chi connectivity index (χ2n) is 6.13. The standard InChI is InChI=1S/C23H16BrClFNO2/c1-28-22-11-16(9-18(13-27)17-3-2-4-20(26)12-17)10-21(24)23(22)29-14-15-5-7-19(25)8-6-15/h2-12H,14H2,1H3/b18-9-. The summed E-state index contributed by atoms with van der Waals surface area (Å²) in [5.74, 6) is 0.661. The molecule has 3 aromatic carbocycles. The van der Waals surface area contributed by atoms with E-state index in [0.29, 0.717) is 44.3 Å². The minimum Gasteiger partial charge on any atom is -0.493 e. The molecule has 0 fully saturated rings. The molecule has 0 bridgehead atoms. The Morgan fingerprint density at radius 1 is 1.17 bits per heavy atom. The van der Waals surface area contributed by atoms with Gasteiger partial charge >= 0.3 is 0 Å². The molecule has 0 aromatic heterocycles. The van der Waals surface area contributed by atoms with E-state index in [1.54, 1.807) is 43.5 Å². The van der Waals surface area contributed by atoms with Crippen LogP contribution in [-0.2, 0) is 6.61 Å². The van der Waals surface area contributed by atoms with Gasteiger partial charge in [0, 0.05) is 5.02 Å². The largest absolute Gasteiger partial charge is 0.493 e. The first-order valence-electron chi connectivity index (χ1n) is 8.62. The lowest BCUT2D eigenvalue weighted by Crippen LogP contribution is -1.99. The summed E-state index contributed by atoms with van der Waals surface area (Å²) in [4.78, 5) is 0. The summed E-state index contributed by atoms with van der Waals surface area (Å²) >= 11 is 9.41. The van der Waals surface area contributed by atoms with Gasteiger partial charge in [0.05, 0.1) is 23.2 Å². The van der Waals surface area contributed by atoms with Crippen LogP contribution in [0.4, 0.5) is 4.39 Å². The van der Waals surface area contributed by atoms with Crippen LogP contribution in [0.3, 0.4) is 0 Å². The minimum absolute atomic E-state index is 0.341. The van der Waals surface area contributed by atoms with Gasteiger partial charge < -0.3 is 9.47 Å². The first-order chi connectivity index (χ1) is 14.0. The van der Waals surface area contributed by atoms with Gasteiger partial charge in [-0.15, -0.1) is 0 Å². The van der Waals surface area contributed by atoms with Gasteiger partial charge in [-0.1, -0.05) is 35.9 Å². The van der Waals surface area contributed by atoms with Crippen LogP contribution in [-0.4, -0.2) is 7.11 Å². The van der Waals surface area contributed by atoms with E-state index in [0.717, 1.165) is 5.56 Å². The fourth-order valence-corrected chi connectivity index (χ4v) is 3.40. The SMILES string of the molecule is COc1cc(/C=C(/C#N)c2cccc(F)c2)cc(Br)c1OCc1ccc(Cl)cc1. The van der Waals surface area contributed by atoms with Gasteiger partial charge in [-0.05, 0) is 75.1 Å². The van der Waals surface area contributed by atoms with Crippen LogP contribution in [0.1, 0.15) is 16.7 Å². The Balaban J connectivity index is 1.89. The lowest BCUT2D eigenvalue weighted by Gasteiger charge is -2.14. The monoisotopic (exact) mass is 471 g/mol. The summed E-state index contributed by atoms with van der Waals surface area (Å²) in [5, 5.41) is 10.2. The van der Waals surface area contributed by atoms with Crippen LogP contribution in [0.15, 0.2) is 65.1 Å². The summed E-state index contributed by atoms with van der Waals surface area (Å²) in [5.41, 5.74) is 2.53. The Morgan fingerprint density at radius 2 is 1.93 bits per heavy atom. The third-order valence-corrected chi connectivity index (χ3v) is 4.96. The highest BCUT2D eigenvalue weighted by molar-refractivity contribution is 9.10. The third kappa shape index (κ3) is 5.38. The predicted octanol–water partition coefficient (Wildman–Crippen LogP) is 6.89. The number of halogens is 3. The maximum Gasteiger partial charge on any atom is 0.175 e. The molecule has 29 heavy (non-hydrogen) atoms. The number of nitrogens with zero attached hydrogens (tertiary/aromatic N) is 1. The number of hydrogen-bond acceptors (Lipinski definition) is 3.